The number of hydrogen-bond donors (Lipinski definition) is 0. The summed E-state index contributed by atoms with van der Waals surface area (Å²) in [5.41, 5.74) is 0.969. The Balaban J connectivity index is 2.41. The van der Waals surface area contributed by atoms with E-state index in [2.05, 4.69) is 18.8 Å². The van der Waals surface area contributed by atoms with E-state index in [1.807, 2.05) is 32.6 Å². The molecule has 1 atom stereocenters. The van der Waals surface area contributed by atoms with Crippen LogP contribution in [-0.2, 0) is 9.59 Å². The van der Waals surface area contributed by atoms with Gasteiger partial charge in [-0.15, -0.1) is 16.8 Å². The van der Waals surface area contributed by atoms with Gasteiger partial charge in [0.1, 0.15) is 6.21 Å². The number of carbonyl (C=O) groups is 3. The van der Waals surface area contributed by atoms with Crippen molar-refractivity contribution in [3.63, 3.8) is 0 Å². The molecule has 4 amide bonds. The van der Waals surface area contributed by atoms with Crippen molar-refractivity contribution in [2.75, 3.05) is 19.8 Å². The van der Waals surface area contributed by atoms with Crippen LogP contribution in [0.5, 0.6) is 0 Å². The molecule has 0 N–H and O–H groups in total. The summed E-state index contributed by atoms with van der Waals surface area (Å²) in [7, 11) is 3.12. The van der Waals surface area contributed by atoms with Crippen LogP contribution in [0.25, 0.3) is 0 Å². The number of carbonyl (C=O) groups excluding carboxylic acids is 3. The Morgan fingerprint density at radius 1 is 1.21 bits per heavy atom. The highest BCUT2D eigenvalue weighted by Gasteiger charge is 2.48. The van der Waals surface area contributed by atoms with Gasteiger partial charge in [-0.25, -0.2) is 4.79 Å². The molecular formula is C21H33N4O3S+. The van der Waals surface area contributed by atoms with E-state index in [1.165, 1.54) is 23.4 Å². The molecule has 8 heteroatoms. The molecule has 0 bridgehead atoms. The summed E-state index contributed by atoms with van der Waals surface area (Å²) in [5.74, 6) is 0.181. The second kappa shape index (κ2) is 9.24. The first-order chi connectivity index (χ1) is 13.5. The highest BCUT2D eigenvalue weighted by atomic mass is 32.2. The monoisotopic (exact) mass is 421 g/mol. The molecule has 1 unspecified atom stereocenters. The normalized spacial score (nSPS) is 19.8. The molecule has 2 aliphatic heterocycles. The zero-order valence-corrected chi connectivity index (χ0v) is 19.5. The minimum Gasteiger partial charge on any atom is -0.337 e. The van der Waals surface area contributed by atoms with Crippen molar-refractivity contribution in [1.29, 1.82) is 0 Å². The van der Waals surface area contributed by atoms with E-state index in [9.17, 15) is 14.4 Å². The molecule has 0 saturated carbocycles. The van der Waals surface area contributed by atoms with Crippen LogP contribution in [-0.4, -0.2) is 76.2 Å². The highest BCUT2D eigenvalue weighted by molar-refractivity contribution is 8.03. The fourth-order valence-electron chi connectivity index (χ4n) is 3.85. The fourth-order valence-corrected chi connectivity index (χ4v) is 4.98. The second-order valence-electron chi connectivity index (χ2n) is 8.55. The molecule has 2 aliphatic rings. The number of dihydropyridines is 1. The van der Waals surface area contributed by atoms with E-state index >= 15 is 0 Å². The molecule has 0 fully saturated rings. The third-order valence-corrected chi connectivity index (χ3v) is 6.26. The van der Waals surface area contributed by atoms with Crippen LogP contribution in [0.15, 0.2) is 15.5 Å². The van der Waals surface area contributed by atoms with Gasteiger partial charge in [0.25, 0.3) is 5.84 Å². The Labute approximate surface area is 177 Å². The standard InChI is InChI=1S/C21H33N4O3S/c1-12(2)9-15-10-22-19-17(20(27)24(8)21(28)23(19)7)18(15)29-11-16(26)25(13(3)4)14(5)6/h10,12-14,17H,9,11H2,1-8H3/q+1. The van der Waals surface area contributed by atoms with E-state index in [0.29, 0.717) is 11.8 Å². The van der Waals surface area contributed by atoms with Gasteiger partial charge in [0.05, 0.1) is 19.8 Å². The van der Waals surface area contributed by atoms with Crippen molar-refractivity contribution < 1.29 is 19.0 Å². The molecule has 0 aromatic carbocycles. The van der Waals surface area contributed by atoms with Crippen molar-refractivity contribution in [3.05, 3.63) is 10.5 Å². The lowest BCUT2D eigenvalue weighted by molar-refractivity contribution is -0.407. The number of urea groups is 1. The van der Waals surface area contributed by atoms with Crippen molar-refractivity contribution in [3.8, 4) is 0 Å². The number of amides is 4. The van der Waals surface area contributed by atoms with Gasteiger partial charge in [0.2, 0.25) is 5.91 Å². The van der Waals surface area contributed by atoms with Gasteiger partial charge in [-0.05, 0) is 45.6 Å². The van der Waals surface area contributed by atoms with Crippen LogP contribution in [0.1, 0.15) is 48.0 Å². The van der Waals surface area contributed by atoms with Gasteiger partial charge >= 0.3 is 11.9 Å². The Kier molecular flexibility index (Phi) is 7.43. The van der Waals surface area contributed by atoms with Gasteiger partial charge in [0.15, 0.2) is 5.92 Å². The number of imide groups is 1. The zero-order chi connectivity index (χ0) is 22.0. The fraction of sp³-hybridized carbons (Fsp3) is 0.667. The van der Waals surface area contributed by atoms with Crippen LogP contribution in [0.4, 0.5) is 4.79 Å². The molecule has 0 aromatic rings. The van der Waals surface area contributed by atoms with E-state index in [0.717, 1.165) is 21.8 Å². The summed E-state index contributed by atoms with van der Waals surface area (Å²) in [6.45, 7) is 12.2. The number of aliphatic imine (C=N–C) groups is 1. The van der Waals surface area contributed by atoms with Crippen LogP contribution in [0.3, 0.4) is 0 Å². The van der Waals surface area contributed by atoms with E-state index in [1.54, 1.807) is 13.3 Å². The van der Waals surface area contributed by atoms with Crippen LogP contribution >= 0.6 is 11.8 Å². The summed E-state index contributed by atoms with van der Waals surface area (Å²) >= 11 is 1.40. The predicted octanol–water partition coefficient (Wildman–Crippen LogP) is 3.00. The Hall–Kier alpha value is -1.96. The third kappa shape index (κ3) is 4.79. The molecule has 0 aromatic heterocycles. The van der Waals surface area contributed by atoms with E-state index in [4.69, 9.17) is 0 Å². The summed E-state index contributed by atoms with van der Waals surface area (Å²) in [6.07, 6.45) is 2.51. The number of fused-ring (bicyclic) bond motifs is 1. The molecule has 0 aliphatic carbocycles. The third-order valence-electron chi connectivity index (χ3n) is 5.06. The lowest BCUT2D eigenvalue weighted by Crippen LogP contribution is -2.53. The number of thioether (sulfide) groups is 1. The van der Waals surface area contributed by atoms with Crippen molar-refractivity contribution in [2.24, 2.45) is 16.8 Å². The SMILES string of the molecule is CC(C)CC1=C(SCC(=O)N(C(C)C)C(C)C)C2C(=O)N(C)C(=O)[N+](C)=C2N=C1. The summed E-state index contributed by atoms with van der Waals surface area (Å²) in [6, 6.07) is -0.182. The maximum atomic E-state index is 13.0. The molecule has 7 nitrogen and oxygen atoms in total. The Bertz CT molecular complexity index is 788. The average Bonchev–Trinajstić information content (AvgIpc) is 2.62. The van der Waals surface area contributed by atoms with Crippen LogP contribution in [0.2, 0.25) is 0 Å². The molecule has 160 valence electrons. The number of rotatable bonds is 7. The van der Waals surface area contributed by atoms with Crippen LogP contribution < -0.4 is 0 Å². The average molecular weight is 422 g/mol. The number of hydrogen-bond acceptors (Lipinski definition) is 5. The summed E-state index contributed by atoms with van der Waals surface area (Å²) in [4.78, 5) is 46.5. The highest BCUT2D eigenvalue weighted by Crippen LogP contribution is 2.36. The first kappa shape index (κ1) is 23.3. The van der Waals surface area contributed by atoms with E-state index < -0.39 is 11.9 Å². The number of amidine groups is 1. The first-order valence-electron chi connectivity index (χ1n) is 10.1. The van der Waals surface area contributed by atoms with Gasteiger partial charge < -0.3 is 4.90 Å². The zero-order valence-electron chi connectivity index (χ0n) is 18.7. The van der Waals surface area contributed by atoms with Gasteiger partial charge in [-0.2, -0.15) is 9.48 Å². The molecule has 2 rings (SSSR count). The first-order valence-corrected chi connectivity index (χ1v) is 11.1. The Morgan fingerprint density at radius 2 is 1.79 bits per heavy atom. The maximum absolute atomic E-state index is 13.0. The van der Waals surface area contributed by atoms with Crippen molar-refractivity contribution >= 4 is 41.7 Å². The van der Waals surface area contributed by atoms with Gasteiger partial charge in [0, 0.05) is 17.0 Å². The van der Waals surface area contributed by atoms with Crippen molar-refractivity contribution in [2.45, 2.75) is 60.0 Å². The number of nitrogens with zero attached hydrogens (tertiary/aromatic N) is 4. The van der Waals surface area contributed by atoms with Crippen LogP contribution in [0, 0.1) is 11.8 Å². The van der Waals surface area contributed by atoms with Crippen molar-refractivity contribution in [1.82, 2.24) is 9.80 Å². The molecule has 2 heterocycles. The lowest BCUT2D eigenvalue weighted by Gasteiger charge is -2.32. The molecular weight excluding hydrogens is 388 g/mol. The summed E-state index contributed by atoms with van der Waals surface area (Å²) < 4.78 is 1.42. The minimum absolute atomic E-state index is 0.0431. The topological polar surface area (TPSA) is 73.1 Å². The Morgan fingerprint density at radius 3 is 2.31 bits per heavy atom. The summed E-state index contributed by atoms with van der Waals surface area (Å²) in [5, 5.41) is 0. The molecule has 0 radical (unpaired) electrons. The molecule has 29 heavy (non-hydrogen) atoms. The van der Waals surface area contributed by atoms with E-state index in [-0.39, 0.29) is 29.7 Å². The second-order valence-corrected chi connectivity index (χ2v) is 9.57. The predicted molar refractivity (Wildman–Crippen MR) is 117 cm³/mol. The van der Waals surface area contributed by atoms with Gasteiger partial charge in [-0.1, -0.05) is 13.8 Å². The van der Waals surface area contributed by atoms with Gasteiger partial charge in [-0.3, -0.25) is 9.59 Å². The largest absolute Gasteiger partial charge is 0.445 e. The minimum atomic E-state index is -0.634. The maximum Gasteiger partial charge on any atom is 0.445 e. The smallest absolute Gasteiger partial charge is 0.337 e. The molecule has 0 spiro atoms. The lowest BCUT2D eigenvalue weighted by atomic mass is 9.94. The molecule has 0 saturated heterocycles. The quantitative estimate of drug-likeness (QED) is 0.593. The number of allylic oxidation sites excluding steroid dienone is 1.